The van der Waals surface area contributed by atoms with Crippen LogP contribution in [0.1, 0.15) is 44.4 Å². The van der Waals surface area contributed by atoms with Gasteiger partial charge in [0.2, 0.25) is 5.88 Å². The first-order chi connectivity index (χ1) is 17.9. The van der Waals surface area contributed by atoms with Crippen LogP contribution in [0.5, 0.6) is 5.88 Å². The van der Waals surface area contributed by atoms with Crippen LogP contribution in [0.15, 0.2) is 36.7 Å². The SMILES string of the molecule is COc1ncc(C(=O)N2CC[C@@H](NC(=O)c3ccc(Cl)cc3C(F)(F)F)c3c2cnn3CC(F)F)cc1Cl. The van der Waals surface area contributed by atoms with Gasteiger partial charge in [0.15, 0.2) is 0 Å². The van der Waals surface area contributed by atoms with E-state index in [0.717, 1.165) is 16.8 Å². The molecule has 0 fully saturated rings. The van der Waals surface area contributed by atoms with E-state index in [0.29, 0.717) is 6.07 Å². The summed E-state index contributed by atoms with van der Waals surface area (Å²) in [7, 11) is 1.35. The van der Waals surface area contributed by atoms with E-state index in [9.17, 15) is 31.5 Å². The Bertz CT molecular complexity index is 1380. The lowest BCUT2D eigenvalue weighted by atomic mass is 10.0. The fourth-order valence-electron chi connectivity index (χ4n) is 4.13. The molecule has 0 spiro atoms. The summed E-state index contributed by atoms with van der Waals surface area (Å²) in [4.78, 5) is 31.4. The second-order valence-corrected chi connectivity index (χ2v) is 9.01. The topological polar surface area (TPSA) is 89.3 Å². The molecule has 1 aromatic carbocycles. The molecular weight excluding hydrogens is 560 g/mol. The third-order valence-electron chi connectivity index (χ3n) is 5.76. The number of methoxy groups -OCH3 is 1. The molecular formula is C23H18Cl2F5N5O3. The van der Waals surface area contributed by atoms with Crippen LogP contribution < -0.4 is 15.0 Å². The predicted molar refractivity (Wildman–Crippen MR) is 127 cm³/mol. The molecule has 1 aliphatic rings. The number of carbonyl (C=O) groups excluding carboxylic acids is 2. The lowest BCUT2D eigenvalue weighted by molar-refractivity contribution is -0.137. The molecule has 0 saturated heterocycles. The molecule has 0 saturated carbocycles. The maximum atomic E-state index is 13.5. The highest BCUT2D eigenvalue weighted by atomic mass is 35.5. The van der Waals surface area contributed by atoms with Crippen LogP contribution in [0.4, 0.5) is 27.6 Å². The van der Waals surface area contributed by atoms with Crippen LogP contribution in [0.3, 0.4) is 0 Å². The molecule has 2 amide bonds. The third kappa shape index (κ3) is 5.53. The second kappa shape index (κ2) is 10.7. The summed E-state index contributed by atoms with van der Waals surface area (Å²) >= 11 is 11.8. The van der Waals surface area contributed by atoms with Crippen molar-refractivity contribution in [3.05, 3.63) is 69.1 Å². The molecule has 15 heteroatoms. The number of benzene rings is 1. The number of halogens is 7. The zero-order chi connectivity index (χ0) is 27.8. The third-order valence-corrected chi connectivity index (χ3v) is 6.27. The smallest absolute Gasteiger partial charge is 0.417 e. The summed E-state index contributed by atoms with van der Waals surface area (Å²) in [5.41, 5.74) is -1.73. The number of anilines is 1. The molecule has 1 aliphatic heterocycles. The van der Waals surface area contributed by atoms with E-state index in [1.165, 1.54) is 30.5 Å². The van der Waals surface area contributed by atoms with E-state index in [1.54, 1.807) is 0 Å². The molecule has 0 radical (unpaired) electrons. The van der Waals surface area contributed by atoms with Crippen LogP contribution in [0.25, 0.3) is 0 Å². The lowest BCUT2D eigenvalue weighted by Gasteiger charge is -2.33. The standard InChI is InChI=1S/C23H18Cl2F5N5O3/c1-38-21-15(25)6-11(8-31-21)22(37)34-5-4-16(19-17(34)9-32-35(19)10-18(26)27)33-20(36)13-3-2-12(24)7-14(13)23(28,29)30/h2-3,6-9,16,18H,4-5,10H2,1H3,(H,33,36)/t16-/m1/s1. The van der Waals surface area contributed by atoms with Crippen molar-refractivity contribution >= 4 is 40.7 Å². The molecule has 202 valence electrons. The minimum Gasteiger partial charge on any atom is -0.480 e. The zero-order valence-corrected chi connectivity index (χ0v) is 20.9. The molecule has 4 rings (SSSR count). The van der Waals surface area contributed by atoms with Crippen LogP contribution in [0.2, 0.25) is 10.0 Å². The van der Waals surface area contributed by atoms with Crippen LogP contribution >= 0.6 is 23.2 Å². The average Bonchev–Trinajstić information content (AvgIpc) is 3.26. The Morgan fingerprint density at radius 1 is 1.21 bits per heavy atom. The highest BCUT2D eigenvalue weighted by Gasteiger charge is 2.38. The van der Waals surface area contributed by atoms with Crippen molar-refractivity contribution in [3.8, 4) is 5.88 Å². The molecule has 0 bridgehead atoms. The van der Waals surface area contributed by atoms with Crippen molar-refractivity contribution in [1.82, 2.24) is 20.1 Å². The summed E-state index contributed by atoms with van der Waals surface area (Å²) in [6.07, 6.45) is -5.31. The van der Waals surface area contributed by atoms with E-state index < -0.39 is 48.1 Å². The number of nitrogens with one attached hydrogen (secondary N) is 1. The Morgan fingerprint density at radius 3 is 2.58 bits per heavy atom. The van der Waals surface area contributed by atoms with Crippen LogP contribution in [-0.4, -0.2) is 46.7 Å². The Hall–Kier alpha value is -3.45. The van der Waals surface area contributed by atoms with Gasteiger partial charge in [-0.25, -0.2) is 13.8 Å². The van der Waals surface area contributed by atoms with Gasteiger partial charge in [-0.15, -0.1) is 0 Å². The highest BCUT2D eigenvalue weighted by molar-refractivity contribution is 6.32. The van der Waals surface area contributed by atoms with E-state index in [4.69, 9.17) is 27.9 Å². The van der Waals surface area contributed by atoms with E-state index >= 15 is 0 Å². The van der Waals surface area contributed by atoms with E-state index in [-0.39, 0.29) is 45.8 Å². The van der Waals surface area contributed by atoms with Gasteiger partial charge in [-0.05, 0) is 30.7 Å². The maximum Gasteiger partial charge on any atom is 0.417 e. The quantitative estimate of drug-likeness (QED) is 0.396. The van der Waals surface area contributed by atoms with Crippen molar-refractivity contribution in [2.75, 3.05) is 18.6 Å². The van der Waals surface area contributed by atoms with Crippen molar-refractivity contribution in [1.29, 1.82) is 0 Å². The maximum absolute atomic E-state index is 13.5. The predicted octanol–water partition coefficient (Wildman–Crippen LogP) is 5.40. The first-order valence-electron chi connectivity index (χ1n) is 10.9. The number of fused-ring (bicyclic) bond motifs is 1. The first-order valence-corrected chi connectivity index (χ1v) is 11.7. The fraction of sp³-hybridized carbons (Fsp3) is 0.304. The van der Waals surface area contributed by atoms with Gasteiger partial charge in [0.25, 0.3) is 18.2 Å². The lowest BCUT2D eigenvalue weighted by Crippen LogP contribution is -2.42. The van der Waals surface area contributed by atoms with Gasteiger partial charge in [-0.1, -0.05) is 23.2 Å². The molecule has 1 atom stereocenters. The summed E-state index contributed by atoms with van der Waals surface area (Å²) in [6, 6.07) is 2.98. The van der Waals surface area contributed by atoms with Gasteiger partial charge in [0, 0.05) is 17.8 Å². The summed E-state index contributed by atoms with van der Waals surface area (Å²) < 4.78 is 73.1. The monoisotopic (exact) mass is 577 g/mol. The van der Waals surface area contributed by atoms with Gasteiger partial charge in [-0.3, -0.25) is 14.3 Å². The van der Waals surface area contributed by atoms with Gasteiger partial charge < -0.3 is 15.0 Å². The van der Waals surface area contributed by atoms with Crippen molar-refractivity contribution in [3.63, 3.8) is 0 Å². The molecule has 2 aromatic heterocycles. The van der Waals surface area contributed by atoms with Gasteiger partial charge in [0.05, 0.1) is 47.4 Å². The van der Waals surface area contributed by atoms with Crippen molar-refractivity contribution in [2.24, 2.45) is 0 Å². The molecule has 1 N–H and O–H groups in total. The summed E-state index contributed by atoms with van der Waals surface area (Å²) in [6.45, 7) is -0.887. The molecule has 8 nitrogen and oxygen atoms in total. The number of aromatic nitrogens is 3. The highest BCUT2D eigenvalue weighted by Crippen LogP contribution is 2.37. The number of pyridine rings is 1. The number of carbonyl (C=O) groups is 2. The molecule has 3 heterocycles. The largest absolute Gasteiger partial charge is 0.480 e. The number of ether oxygens (including phenoxy) is 1. The fourth-order valence-corrected chi connectivity index (χ4v) is 4.54. The number of amides is 2. The number of alkyl halides is 5. The van der Waals surface area contributed by atoms with Gasteiger partial charge in [-0.2, -0.15) is 18.3 Å². The number of nitrogens with zero attached hydrogens (tertiary/aromatic N) is 4. The number of rotatable bonds is 6. The van der Waals surface area contributed by atoms with Gasteiger partial charge >= 0.3 is 6.18 Å². The molecule has 0 unspecified atom stereocenters. The van der Waals surface area contributed by atoms with Crippen LogP contribution in [0, 0.1) is 0 Å². The molecule has 38 heavy (non-hydrogen) atoms. The normalized spacial score (nSPS) is 15.4. The average molecular weight is 578 g/mol. The Labute approximate surface area is 222 Å². The first kappa shape index (κ1) is 27.6. The Morgan fingerprint density at radius 2 is 1.95 bits per heavy atom. The van der Waals surface area contributed by atoms with Gasteiger partial charge in [0.1, 0.15) is 11.6 Å². The minimum absolute atomic E-state index is 0.00827. The molecule has 0 aliphatic carbocycles. The van der Waals surface area contributed by atoms with Crippen molar-refractivity contribution < 1.29 is 36.3 Å². The van der Waals surface area contributed by atoms with Crippen LogP contribution in [-0.2, 0) is 12.7 Å². The Balaban J connectivity index is 1.69. The van der Waals surface area contributed by atoms with E-state index in [2.05, 4.69) is 15.4 Å². The summed E-state index contributed by atoms with van der Waals surface area (Å²) in [5, 5.41) is 6.26. The number of hydrogen-bond acceptors (Lipinski definition) is 5. The van der Waals surface area contributed by atoms with E-state index in [1.807, 2.05) is 0 Å². The van der Waals surface area contributed by atoms with Crippen molar-refractivity contribution in [2.45, 2.75) is 31.6 Å². The second-order valence-electron chi connectivity index (χ2n) is 8.16. The summed E-state index contributed by atoms with van der Waals surface area (Å²) in [5.74, 6) is -1.59. The molecule has 3 aromatic rings. The minimum atomic E-state index is -4.87. The Kier molecular flexibility index (Phi) is 7.79. The number of hydrogen-bond donors (Lipinski definition) is 1. The zero-order valence-electron chi connectivity index (χ0n) is 19.4.